The van der Waals surface area contributed by atoms with Gasteiger partial charge in [-0.15, -0.1) is 0 Å². The topological polar surface area (TPSA) is 88.3 Å². The van der Waals surface area contributed by atoms with Gasteiger partial charge in [0.2, 0.25) is 0 Å². The third-order valence-electron chi connectivity index (χ3n) is 5.09. The number of carbonyl (C=O) groups excluding carboxylic acids is 1. The van der Waals surface area contributed by atoms with Gasteiger partial charge in [0.15, 0.2) is 5.65 Å². The number of aryl methyl sites for hydroxylation is 2. The van der Waals surface area contributed by atoms with Crippen LogP contribution in [0.5, 0.6) is 0 Å². The van der Waals surface area contributed by atoms with Gasteiger partial charge < -0.3 is 10.0 Å². The third-order valence-corrected chi connectivity index (χ3v) is 5.09. The molecule has 0 radical (unpaired) electrons. The quantitative estimate of drug-likeness (QED) is 0.771. The van der Waals surface area contributed by atoms with Crippen molar-refractivity contribution in [2.45, 2.75) is 13.3 Å². The van der Waals surface area contributed by atoms with Gasteiger partial charge in [-0.1, -0.05) is 30.3 Å². The van der Waals surface area contributed by atoms with Crippen molar-refractivity contribution in [1.29, 1.82) is 0 Å². The first kappa shape index (κ1) is 17.2. The van der Waals surface area contributed by atoms with Gasteiger partial charge in [0.25, 0.3) is 5.91 Å². The Hall–Kier alpha value is -3.22. The standard InChI is InChI=1S/C20H20N4O3/c1-12-17-15(19(25)24-9-8-14(11-24)20(26)27)10-16(13-6-4-3-5-7-13)21-18(17)23(2)22-12/h3-7,10,14H,8-9,11H2,1-2H3,(H,26,27). The van der Waals surface area contributed by atoms with Gasteiger partial charge in [0, 0.05) is 25.7 Å². The Kier molecular flexibility index (Phi) is 4.14. The monoisotopic (exact) mass is 364 g/mol. The molecule has 138 valence electrons. The zero-order chi connectivity index (χ0) is 19.1. The fraction of sp³-hybridized carbons (Fsp3) is 0.300. The van der Waals surface area contributed by atoms with E-state index in [1.54, 1.807) is 15.6 Å². The van der Waals surface area contributed by atoms with Crippen molar-refractivity contribution in [3.05, 3.63) is 47.7 Å². The molecule has 3 heterocycles. The van der Waals surface area contributed by atoms with Crippen molar-refractivity contribution in [1.82, 2.24) is 19.7 Å². The van der Waals surface area contributed by atoms with E-state index >= 15 is 0 Å². The molecule has 1 unspecified atom stereocenters. The molecule has 1 atom stereocenters. The second-order valence-corrected chi connectivity index (χ2v) is 6.90. The largest absolute Gasteiger partial charge is 0.481 e. The number of nitrogens with zero attached hydrogens (tertiary/aromatic N) is 4. The minimum atomic E-state index is -0.854. The van der Waals surface area contributed by atoms with Crippen LogP contribution in [0.15, 0.2) is 36.4 Å². The van der Waals surface area contributed by atoms with Gasteiger partial charge >= 0.3 is 5.97 Å². The first-order valence-corrected chi connectivity index (χ1v) is 8.87. The van der Waals surface area contributed by atoms with Crippen LogP contribution in [0, 0.1) is 12.8 Å². The molecule has 1 saturated heterocycles. The van der Waals surface area contributed by atoms with Crippen LogP contribution in [0.25, 0.3) is 22.3 Å². The van der Waals surface area contributed by atoms with Crippen LogP contribution >= 0.6 is 0 Å². The highest BCUT2D eigenvalue weighted by Crippen LogP contribution is 2.29. The molecule has 1 fully saturated rings. The summed E-state index contributed by atoms with van der Waals surface area (Å²) in [6, 6.07) is 11.5. The van der Waals surface area contributed by atoms with Crippen LogP contribution in [-0.4, -0.2) is 49.7 Å². The molecule has 7 heteroatoms. The molecule has 27 heavy (non-hydrogen) atoms. The highest BCUT2D eigenvalue weighted by Gasteiger charge is 2.32. The first-order chi connectivity index (χ1) is 13.0. The number of carboxylic acid groups (broad SMARTS) is 1. The molecule has 0 aliphatic carbocycles. The molecule has 0 bridgehead atoms. The number of aliphatic carboxylic acids is 1. The predicted molar refractivity (Wildman–Crippen MR) is 100 cm³/mol. The molecule has 2 aromatic heterocycles. The SMILES string of the molecule is Cc1nn(C)c2nc(-c3ccccc3)cc(C(=O)N3CCC(C(=O)O)C3)c12. The number of likely N-dealkylation sites (tertiary alicyclic amines) is 1. The fourth-order valence-electron chi connectivity index (χ4n) is 3.69. The minimum Gasteiger partial charge on any atom is -0.481 e. The van der Waals surface area contributed by atoms with E-state index in [1.165, 1.54) is 0 Å². The molecule has 4 rings (SSSR count). The summed E-state index contributed by atoms with van der Waals surface area (Å²) in [5, 5.41) is 14.4. The van der Waals surface area contributed by atoms with Crippen molar-refractivity contribution < 1.29 is 14.7 Å². The van der Waals surface area contributed by atoms with Crippen molar-refractivity contribution >= 4 is 22.9 Å². The van der Waals surface area contributed by atoms with Crippen LogP contribution in [-0.2, 0) is 11.8 Å². The Morgan fingerprint density at radius 2 is 1.96 bits per heavy atom. The van der Waals surface area contributed by atoms with E-state index in [2.05, 4.69) is 5.10 Å². The Balaban J connectivity index is 1.84. The maximum Gasteiger partial charge on any atom is 0.308 e. The molecular weight excluding hydrogens is 344 g/mol. The molecule has 1 aliphatic heterocycles. The smallest absolute Gasteiger partial charge is 0.308 e. The second kappa shape index (κ2) is 6.50. The van der Waals surface area contributed by atoms with E-state index < -0.39 is 11.9 Å². The van der Waals surface area contributed by atoms with Crippen LogP contribution in [0.2, 0.25) is 0 Å². The lowest BCUT2D eigenvalue weighted by molar-refractivity contribution is -0.141. The number of carboxylic acids is 1. The van der Waals surface area contributed by atoms with E-state index in [4.69, 9.17) is 4.98 Å². The normalized spacial score (nSPS) is 16.8. The van der Waals surface area contributed by atoms with Crippen LogP contribution in [0.4, 0.5) is 0 Å². The van der Waals surface area contributed by atoms with Gasteiger partial charge in [0.1, 0.15) is 0 Å². The van der Waals surface area contributed by atoms with Crippen molar-refractivity contribution in [2.24, 2.45) is 13.0 Å². The van der Waals surface area contributed by atoms with Crippen molar-refractivity contribution in [3.63, 3.8) is 0 Å². The van der Waals surface area contributed by atoms with Gasteiger partial charge in [-0.3, -0.25) is 14.3 Å². The Bertz CT molecular complexity index is 1040. The molecule has 0 saturated carbocycles. The van der Waals surface area contributed by atoms with E-state index in [0.29, 0.717) is 29.9 Å². The summed E-state index contributed by atoms with van der Waals surface area (Å²) in [7, 11) is 1.81. The van der Waals surface area contributed by atoms with Crippen LogP contribution < -0.4 is 0 Å². The second-order valence-electron chi connectivity index (χ2n) is 6.90. The number of carbonyl (C=O) groups is 2. The Morgan fingerprint density at radius 3 is 2.63 bits per heavy atom. The van der Waals surface area contributed by atoms with E-state index in [0.717, 1.165) is 16.6 Å². The number of fused-ring (bicyclic) bond motifs is 1. The number of hydrogen-bond donors (Lipinski definition) is 1. The van der Waals surface area contributed by atoms with Gasteiger partial charge in [0.05, 0.1) is 28.3 Å². The number of amides is 1. The molecular formula is C20H20N4O3. The summed E-state index contributed by atoms with van der Waals surface area (Å²) in [5.41, 5.74) is 3.51. The van der Waals surface area contributed by atoms with Crippen LogP contribution in [0.1, 0.15) is 22.5 Å². The zero-order valence-corrected chi connectivity index (χ0v) is 15.2. The average Bonchev–Trinajstić information content (AvgIpc) is 3.27. The first-order valence-electron chi connectivity index (χ1n) is 8.87. The van der Waals surface area contributed by atoms with E-state index in [1.807, 2.05) is 44.3 Å². The Morgan fingerprint density at radius 1 is 1.22 bits per heavy atom. The van der Waals surface area contributed by atoms with E-state index in [-0.39, 0.29) is 12.5 Å². The highest BCUT2D eigenvalue weighted by atomic mass is 16.4. The summed E-state index contributed by atoms with van der Waals surface area (Å²) in [6.07, 6.45) is 0.479. The molecule has 1 aromatic carbocycles. The summed E-state index contributed by atoms with van der Waals surface area (Å²) >= 11 is 0. The lowest BCUT2D eigenvalue weighted by Crippen LogP contribution is -2.30. The summed E-state index contributed by atoms with van der Waals surface area (Å²) < 4.78 is 1.68. The molecule has 1 N–H and O–H groups in total. The van der Waals surface area contributed by atoms with Gasteiger partial charge in [-0.05, 0) is 19.4 Å². The zero-order valence-electron chi connectivity index (χ0n) is 15.2. The number of pyridine rings is 1. The number of benzene rings is 1. The molecule has 3 aromatic rings. The third kappa shape index (κ3) is 2.95. The van der Waals surface area contributed by atoms with Crippen molar-refractivity contribution in [3.8, 4) is 11.3 Å². The summed E-state index contributed by atoms with van der Waals surface area (Å²) in [5.74, 6) is -1.53. The van der Waals surface area contributed by atoms with Crippen LogP contribution in [0.3, 0.4) is 0 Å². The Labute approximate surface area is 156 Å². The lowest BCUT2D eigenvalue weighted by atomic mass is 10.0. The highest BCUT2D eigenvalue weighted by molar-refractivity contribution is 6.07. The number of aromatic nitrogens is 3. The van der Waals surface area contributed by atoms with Gasteiger partial charge in [-0.25, -0.2) is 4.98 Å². The van der Waals surface area contributed by atoms with Crippen molar-refractivity contribution in [2.75, 3.05) is 13.1 Å². The lowest BCUT2D eigenvalue weighted by Gasteiger charge is -2.17. The van der Waals surface area contributed by atoms with Gasteiger partial charge in [-0.2, -0.15) is 5.10 Å². The number of rotatable bonds is 3. The maximum atomic E-state index is 13.2. The molecule has 0 spiro atoms. The number of hydrogen-bond acceptors (Lipinski definition) is 4. The summed E-state index contributed by atoms with van der Waals surface area (Å²) in [4.78, 5) is 30.8. The summed E-state index contributed by atoms with van der Waals surface area (Å²) in [6.45, 7) is 2.53. The fourth-order valence-corrected chi connectivity index (χ4v) is 3.69. The minimum absolute atomic E-state index is 0.167. The molecule has 7 nitrogen and oxygen atoms in total. The molecule has 1 amide bonds. The molecule has 1 aliphatic rings. The average molecular weight is 364 g/mol. The maximum absolute atomic E-state index is 13.2. The van der Waals surface area contributed by atoms with E-state index in [9.17, 15) is 14.7 Å². The predicted octanol–water partition coefficient (Wildman–Crippen LogP) is 2.49.